The molecule has 0 saturated heterocycles. The maximum Gasteiger partial charge on any atom is 0.241 e. The molecular weight excluding hydrogens is 348 g/mol. The van der Waals surface area contributed by atoms with Crippen LogP contribution in [0.2, 0.25) is 0 Å². The highest BCUT2D eigenvalue weighted by Gasteiger charge is 2.25. The second-order valence-corrected chi connectivity index (χ2v) is 9.11. The van der Waals surface area contributed by atoms with E-state index in [9.17, 15) is 13.2 Å². The van der Waals surface area contributed by atoms with Crippen LogP contribution < -0.4 is 9.62 Å². The predicted octanol–water partition coefficient (Wildman–Crippen LogP) is 2.90. The zero-order valence-electron chi connectivity index (χ0n) is 15.7. The fourth-order valence-electron chi connectivity index (χ4n) is 2.81. The van der Waals surface area contributed by atoms with Gasteiger partial charge in [0.05, 0.1) is 11.9 Å². The summed E-state index contributed by atoms with van der Waals surface area (Å²) in [7, 11) is -3.57. The van der Waals surface area contributed by atoms with Gasteiger partial charge in [0.25, 0.3) is 0 Å². The molecule has 0 heterocycles. The van der Waals surface area contributed by atoms with Gasteiger partial charge < -0.3 is 5.32 Å². The zero-order valence-corrected chi connectivity index (χ0v) is 16.5. The lowest BCUT2D eigenvalue weighted by Gasteiger charge is -2.29. The quantitative estimate of drug-likeness (QED) is 0.810. The molecule has 0 bridgehead atoms. The van der Waals surface area contributed by atoms with E-state index < -0.39 is 15.6 Å². The van der Waals surface area contributed by atoms with Crippen molar-refractivity contribution in [1.82, 2.24) is 5.32 Å². The molecule has 0 fully saturated rings. The van der Waals surface area contributed by atoms with Gasteiger partial charge in [0.2, 0.25) is 15.9 Å². The molecular formula is C20H26N2O3S. The highest BCUT2D eigenvalue weighted by molar-refractivity contribution is 7.92. The van der Waals surface area contributed by atoms with Crippen molar-refractivity contribution in [3.63, 3.8) is 0 Å². The SMILES string of the molecule is Cc1ccc(N(CC(=O)NC(C)(C)Cc2ccccc2)S(C)(=O)=O)cc1. The third-order valence-corrected chi connectivity index (χ3v) is 5.12. The Kier molecular flexibility index (Phi) is 6.08. The third-order valence-electron chi connectivity index (χ3n) is 3.98. The van der Waals surface area contributed by atoms with Crippen LogP contribution in [0.5, 0.6) is 0 Å². The van der Waals surface area contributed by atoms with E-state index in [1.807, 2.05) is 63.2 Å². The molecule has 26 heavy (non-hydrogen) atoms. The number of anilines is 1. The number of aryl methyl sites for hydroxylation is 1. The van der Waals surface area contributed by atoms with Crippen molar-refractivity contribution in [2.24, 2.45) is 0 Å². The lowest BCUT2D eigenvalue weighted by Crippen LogP contribution is -2.50. The largest absolute Gasteiger partial charge is 0.349 e. The van der Waals surface area contributed by atoms with Crippen molar-refractivity contribution >= 4 is 21.6 Å². The molecule has 0 aliphatic rings. The van der Waals surface area contributed by atoms with Crippen LogP contribution in [0.1, 0.15) is 25.0 Å². The summed E-state index contributed by atoms with van der Waals surface area (Å²) in [4.78, 5) is 12.5. The van der Waals surface area contributed by atoms with Crippen LogP contribution in [0.25, 0.3) is 0 Å². The van der Waals surface area contributed by atoms with E-state index in [-0.39, 0.29) is 12.5 Å². The number of hydrogen-bond donors (Lipinski definition) is 1. The second kappa shape index (κ2) is 7.91. The molecule has 0 aliphatic heterocycles. The Hall–Kier alpha value is -2.34. The molecule has 6 heteroatoms. The summed E-state index contributed by atoms with van der Waals surface area (Å²) in [5.74, 6) is -0.336. The van der Waals surface area contributed by atoms with Crippen LogP contribution in [-0.2, 0) is 21.2 Å². The minimum atomic E-state index is -3.57. The number of nitrogens with zero attached hydrogens (tertiary/aromatic N) is 1. The molecule has 0 spiro atoms. The minimum Gasteiger partial charge on any atom is -0.349 e. The first-order valence-electron chi connectivity index (χ1n) is 8.46. The topological polar surface area (TPSA) is 66.5 Å². The lowest BCUT2D eigenvalue weighted by molar-refractivity contribution is -0.121. The summed E-state index contributed by atoms with van der Waals surface area (Å²) in [5, 5.41) is 2.94. The van der Waals surface area contributed by atoms with Crippen molar-refractivity contribution in [2.75, 3.05) is 17.1 Å². The van der Waals surface area contributed by atoms with Crippen LogP contribution in [0, 0.1) is 6.92 Å². The highest BCUT2D eigenvalue weighted by Crippen LogP contribution is 2.18. The van der Waals surface area contributed by atoms with E-state index in [1.54, 1.807) is 12.1 Å². The Labute approximate surface area is 156 Å². The van der Waals surface area contributed by atoms with E-state index >= 15 is 0 Å². The Balaban J connectivity index is 2.10. The van der Waals surface area contributed by atoms with Gasteiger partial charge in [-0.1, -0.05) is 48.0 Å². The van der Waals surface area contributed by atoms with Gasteiger partial charge in [-0.25, -0.2) is 8.42 Å². The van der Waals surface area contributed by atoms with Crippen LogP contribution in [0.3, 0.4) is 0 Å². The van der Waals surface area contributed by atoms with Gasteiger partial charge in [-0.05, 0) is 44.9 Å². The third kappa shape index (κ3) is 5.88. The fourth-order valence-corrected chi connectivity index (χ4v) is 3.67. The summed E-state index contributed by atoms with van der Waals surface area (Å²) in [6.45, 7) is 5.52. The molecule has 2 aromatic rings. The van der Waals surface area contributed by atoms with Crippen LogP contribution in [-0.4, -0.2) is 32.7 Å². The number of rotatable bonds is 7. The van der Waals surface area contributed by atoms with Crippen molar-refractivity contribution in [1.29, 1.82) is 0 Å². The molecule has 1 N–H and O–H groups in total. The molecule has 0 radical (unpaired) electrons. The average molecular weight is 375 g/mol. The smallest absolute Gasteiger partial charge is 0.241 e. The molecule has 0 aliphatic carbocycles. The van der Waals surface area contributed by atoms with Gasteiger partial charge >= 0.3 is 0 Å². The van der Waals surface area contributed by atoms with Crippen LogP contribution in [0.15, 0.2) is 54.6 Å². The van der Waals surface area contributed by atoms with E-state index in [4.69, 9.17) is 0 Å². The van der Waals surface area contributed by atoms with Gasteiger partial charge in [-0.2, -0.15) is 0 Å². The van der Waals surface area contributed by atoms with Gasteiger partial charge in [-0.3, -0.25) is 9.10 Å². The van der Waals surface area contributed by atoms with E-state index in [2.05, 4.69) is 5.32 Å². The first-order valence-corrected chi connectivity index (χ1v) is 10.3. The Morgan fingerprint density at radius 1 is 1.04 bits per heavy atom. The van der Waals surface area contributed by atoms with Crippen LogP contribution >= 0.6 is 0 Å². The maximum absolute atomic E-state index is 12.5. The maximum atomic E-state index is 12.5. The minimum absolute atomic E-state index is 0.250. The molecule has 2 aromatic carbocycles. The molecule has 0 atom stereocenters. The van der Waals surface area contributed by atoms with Gasteiger partial charge in [0, 0.05) is 5.54 Å². The second-order valence-electron chi connectivity index (χ2n) is 7.20. The van der Waals surface area contributed by atoms with E-state index in [0.29, 0.717) is 12.1 Å². The fraction of sp³-hybridized carbons (Fsp3) is 0.350. The van der Waals surface area contributed by atoms with Crippen molar-refractivity contribution in [3.8, 4) is 0 Å². The first-order chi connectivity index (χ1) is 12.1. The summed E-state index contributed by atoms with van der Waals surface area (Å²) in [6, 6.07) is 16.9. The summed E-state index contributed by atoms with van der Waals surface area (Å²) in [5.41, 5.74) is 2.12. The van der Waals surface area contributed by atoms with Gasteiger partial charge in [0.15, 0.2) is 0 Å². The number of benzene rings is 2. The van der Waals surface area contributed by atoms with Crippen molar-refractivity contribution < 1.29 is 13.2 Å². The normalized spacial score (nSPS) is 11.8. The average Bonchev–Trinajstić information content (AvgIpc) is 2.52. The number of nitrogens with one attached hydrogen (secondary N) is 1. The van der Waals surface area contributed by atoms with Crippen LogP contribution in [0.4, 0.5) is 5.69 Å². The van der Waals surface area contributed by atoms with Crippen molar-refractivity contribution in [2.45, 2.75) is 32.7 Å². The number of sulfonamides is 1. The summed E-state index contributed by atoms with van der Waals surface area (Å²) < 4.78 is 25.4. The first kappa shape index (κ1) is 20.0. The number of hydrogen-bond acceptors (Lipinski definition) is 3. The molecule has 1 amide bonds. The molecule has 0 aromatic heterocycles. The standard InChI is InChI=1S/C20H26N2O3S/c1-16-10-12-18(13-11-16)22(26(4,24)25)15-19(23)21-20(2,3)14-17-8-6-5-7-9-17/h5-13H,14-15H2,1-4H3,(H,21,23). The zero-order chi connectivity index (χ0) is 19.4. The number of carbonyl (C=O) groups is 1. The monoisotopic (exact) mass is 374 g/mol. The molecule has 0 unspecified atom stereocenters. The van der Waals surface area contributed by atoms with E-state index in [0.717, 1.165) is 21.7 Å². The van der Waals surface area contributed by atoms with Gasteiger partial charge in [0.1, 0.15) is 6.54 Å². The number of amides is 1. The highest BCUT2D eigenvalue weighted by atomic mass is 32.2. The molecule has 140 valence electrons. The van der Waals surface area contributed by atoms with E-state index in [1.165, 1.54) is 0 Å². The molecule has 0 saturated carbocycles. The molecule has 2 rings (SSSR count). The Bertz CT molecular complexity index is 844. The van der Waals surface area contributed by atoms with Crippen molar-refractivity contribution in [3.05, 3.63) is 65.7 Å². The predicted molar refractivity (Wildman–Crippen MR) is 106 cm³/mol. The number of carbonyl (C=O) groups excluding carboxylic acids is 1. The molecule has 5 nitrogen and oxygen atoms in total. The Morgan fingerprint density at radius 3 is 2.15 bits per heavy atom. The van der Waals surface area contributed by atoms with Gasteiger partial charge in [-0.15, -0.1) is 0 Å². The summed E-state index contributed by atoms with van der Waals surface area (Å²) in [6.07, 6.45) is 1.76. The lowest BCUT2D eigenvalue weighted by atomic mass is 9.95. The Morgan fingerprint density at radius 2 is 1.62 bits per heavy atom. The summed E-state index contributed by atoms with van der Waals surface area (Å²) >= 11 is 0.